The maximum Gasteiger partial charge on any atom is 0.325 e. The summed E-state index contributed by atoms with van der Waals surface area (Å²) in [6, 6.07) is 6.71. The molecule has 0 saturated carbocycles. The Morgan fingerprint density at radius 2 is 1.72 bits per heavy atom. The summed E-state index contributed by atoms with van der Waals surface area (Å²) in [4.78, 5) is 34.7. The van der Waals surface area contributed by atoms with Gasteiger partial charge in [-0.3, -0.25) is 14.4 Å². The molecular formula is C18H26N2O5. The van der Waals surface area contributed by atoms with Gasteiger partial charge in [-0.25, -0.2) is 0 Å². The van der Waals surface area contributed by atoms with Crippen molar-refractivity contribution in [1.82, 2.24) is 10.6 Å². The van der Waals surface area contributed by atoms with Crippen LogP contribution in [-0.2, 0) is 14.3 Å². The zero-order valence-corrected chi connectivity index (χ0v) is 15.0. The van der Waals surface area contributed by atoms with Crippen LogP contribution < -0.4 is 15.4 Å². The lowest BCUT2D eigenvalue weighted by Gasteiger charge is -2.09. The van der Waals surface area contributed by atoms with Gasteiger partial charge in [0, 0.05) is 5.56 Å². The summed E-state index contributed by atoms with van der Waals surface area (Å²) in [5, 5.41) is 4.86. The van der Waals surface area contributed by atoms with Gasteiger partial charge >= 0.3 is 5.97 Å². The van der Waals surface area contributed by atoms with Crippen LogP contribution in [0.5, 0.6) is 5.75 Å². The Kier molecular flexibility index (Phi) is 9.06. The van der Waals surface area contributed by atoms with Gasteiger partial charge in [0.15, 0.2) is 0 Å². The highest BCUT2D eigenvalue weighted by molar-refractivity contribution is 5.96. The van der Waals surface area contributed by atoms with Gasteiger partial charge < -0.3 is 20.1 Å². The lowest BCUT2D eigenvalue weighted by molar-refractivity contribution is -0.143. The van der Waals surface area contributed by atoms with E-state index in [1.54, 1.807) is 31.2 Å². The highest BCUT2D eigenvalue weighted by Gasteiger charge is 2.10. The number of rotatable bonds is 10. The summed E-state index contributed by atoms with van der Waals surface area (Å²) >= 11 is 0. The number of carbonyl (C=O) groups excluding carboxylic acids is 3. The number of hydrogen-bond acceptors (Lipinski definition) is 5. The first kappa shape index (κ1) is 20.5. The van der Waals surface area contributed by atoms with Crippen LogP contribution in [-0.4, -0.2) is 44.1 Å². The standard InChI is InChI=1S/C18H26N2O5/c1-4-24-17(22)12-19-16(21)11-20-18(23)14-5-7-15(8-6-14)25-10-9-13(2)3/h5-8,13H,4,9-12H2,1-3H3,(H,19,21)(H,20,23). The normalized spacial score (nSPS) is 10.2. The third-order valence-corrected chi connectivity index (χ3v) is 3.23. The van der Waals surface area contributed by atoms with E-state index in [0.717, 1.165) is 6.42 Å². The number of amides is 2. The van der Waals surface area contributed by atoms with Crippen molar-refractivity contribution in [3.05, 3.63) is 29.8 Å². The summed E-state index contributed by atoms with van der Waals surface area (Å²) in [6.07, 6.45) is 0.961. The number of esters is 1. The van der Waals surface area contributed by atoms with Gasteiger partial charge in [0.25, 0.3) is 5.91 Å². The third kappa shape index (κ3) is 8.74. The first-order chi connectivity index (χ1) is 11.9. The zero-order chi connectivity index (χ0) is 18.7. The van der Waals surface area contributed by atoms with Crippen LogP contribution in [0.15, 0.2) is 24.3 Å². The number of nitrogens with one attached hydrogen (secondary N) is 2. The van der Waals surface area contributed by atoms with Gasteiger partial charge in [0.2, 0.25) is 5.91 Å². The fourth-order valence-electron chi connectivity index (χ4n) is 1.82. The second-order valence-corrected chi connectivity index (χ2v) is 5.82. The van der Waals surface area contributed by atoms with Crippen molar-refractivity contribution in [2.75, 3.05) is 26.3 Å². The van der Waals surface area contributed by atoms with Gasteiger partial charge in [0.05, 0.1) is 19.8 Å². The van der Waals surface area contributed by atoms with Gasteiger partial charge in [-0.05, 0) is 43.5 Å². The van der Waals surface area contributed by atoms with Gasteiger partial charge in [0.1, 0.15) is 12.3 Å². The van der Waals surface area contributed by atoms with E-state index in [1.165, 1.54) is 0 Å². The van der Waals surface area contributed by atoms with Crippen LogP contribution >= 0.6 is 0 Å². The van der Waals surface area contributed by atoms with E-state index in [0.29, 0.717) is 23.8 Å². The van der Waals surface area contributed by atoms with Crippen LogP contribution in [0.4, 0.5) is 0 Å². The lowest BCUT2D eigenvalue weighted by Crippen LogP contribution is -2.39. The molecule has 1 aromatic carbocycles. The number of carbonyl (C=O) groups is 3. The molecule has 0 atom stereocenters. The van der Waals surface area contributed by atoms with Gasteiger partial charge in [-0.1, -0.05) is 13.8 Å². The monoisotopic (exact) mass is 350 g/mol. The van der Waals surface area contributed by atoms with Crippen molar-refractivity contribution in [3.63, 3.8) is 0 Å². The average molecular weight is 350 g/mol. The molecule has 25 heavy (non-hydrogen) atoms. The molecule has 0 aliphatic heterocycles. The van der Waals surface area contributed by atoms with E-state index >= 15 is 0 Å². The number of ether oxygens (including phenoxy) is 2. The topological polar surface area (TPSA) is 93.7 Å². The Labute approximate surface area is 148 Å². The smallest absolute Gasteiger partial charge is 0.325 e. The predicted molar refractivity (Wildman–Crippen MR) is 93.4 cm³/mol. The highest BCUT2D eigenvalue weighted by atomic mass is 16.5. The molecule has 2 amide bonds. The van der Waals surface area contributed by atoms with Crippen molar-refractivity contribution >= 4 is 17.8 Å². The number of benzene rings is 1. The van der Waals surface area contributed by atoms with Crippen molar-refractivity contribution < 1.29 is 23.9 Å². The molecule has 0 saturated heterocycles. The summed E-state index contributed by atoms with van der Waals surface area (Å²) in [6.45, 7) is 6.38. The fraction of sp³-hybridized carbons (Fsp3) is 0.500. The van der Waals surface area contributed by atoms with Crippen molar-refractivity contribution in [2.24, 2.45) is 5.92 Å². The molecule has 7 nitrogen and oxygen atoms in total. The Morgan fingerprint density at radius 3 is 2.32 bits per heavy atom. The quantitative estimate of drug-likeness (QED) is 0.624. The average Bonchev–Trinajstić information content (AvgIpc) is 2.58. The fourth-order valence-corrected chi connectivity index (χ4v) is 1.82. The summed E-state index contributed by atoms with van der Waals surface area (Å²) in [7, 11) is 0. The van der Waals surface area contributed by atoms with Crippen molar-refractivity contribution in [1.29, 1.82) is 0 Å². The van der Waals surface area contributed by atoms with E-state index in [-0.39, 0.29) is 25.6 Å². The molecule has 2 N–H and O–H groups in total. The van der Waals surface area contributed by atoms with Crippen LogP contribution in [0, 0.1) is 5.92 Å². The van der Waals surface area contributed by atoms with E-state index in [4.69, 9.17) is 4.74 Å². The summed E-state index contributed by atoms with van der Waals surface area (Å²) in [5.74, 6) is -0.0882. The van der Waals surface area contributed by atoms with Crippen molar-refractivity contribution in [3.8, 4) is 5.75 Å². The second-order valence-electron chi connectivity index (χ2n) is 5.82. The lowest BCUT2D eigenvalue weighted by atomic mass is 10.1. The zero-order valence-electron chi connectivity index (χ0n) is 15.0. The molecule has 0 radical (unpaired) electrons. The minimum atomic E-state index is -0.518. The Hall–Kier alpha value is -2.57. The third-order valence-electron chi connectivity index (χ3n) is 3.23. The second kappa shape index (κ2) is 11.1. The first-order valence-electron chi connectivity index (χ1n) is 8.35. The molecular weight excluding hydrogens is 324 g/mol. The molecule has 0 aliphatic carbocycles. The predicted octanol–water partition coefficient (Wildman–Crippen LogP) is 1.52. The molecule has 7 heteroatoms. The van der Waals surface area contributed by atoms with Crippen LogP contribution in [0.25, 0.3) is 0 Å². The largest absolute Gasteiger partial charge is 0.494 e. The Morgan fingerprint density at radius 1 is 1.04 bits per heavy atom. The maximum absolute atomic E-state index is 12.0. The summed E-state index contributed by atoms with van der Waals surface area (Å²) in [5.41, 5.74) is 0.425. The highest BCUT2D eigenvalue weighted by Crippen LogP contribution is 2.13. The molecule has 1 aromatic rings. The SMILES string of the molecule is CCOC(=O)CNC(=O)CNC(=O)c1ccc(OCCC(C)C)cc1. The summed E-state index contributed by atoms with van der Waals surface area (Å²) < 4.78 is 10.3. The molecule has 0 fully saturated rings. The van der Waals surface area contributed by atoms with Crippen LogP contribution in [0.3, 0.4) is 0 Å². The molecule has 138 valence electrons. The van der Waals surface area contributed by atoms with Crippen LogP contribution in [0.2, 0.25) is 0 Å². The molecule has 0 heterocycles. The van der Waals surface area contributed by atoms with Crippen LogP contribution in [0.1, 0.15) is 37.6 Å². The minimum absolute atomic E-state index is 0.217. The van der Waals surface area contributed by atoms with E-state index < -0.39 is 11.9 Å². The molecule has 0 bridgehead atoms. The number of hydrogen-bond donors (Lipinski definition) is 2. The van der Waals surface area contributed by atoms with E-state index in [9.17, 15) is 14.4 Å². The minimum Gasteiger partial charge on any atom is -0.494 e. The Bertz CT molecular complexity index is 569. The maximum atomic E-state index is 12.0. The molecule has 1 rings (SSSR count). The Balaban J connectivity index is 2.34. The van der Waals surface area contributed by atoms with Gasteiger partial charge in [-0.2, -0.15) is 0 Å². The van der Waals surface area contributed by atoms with Crippen molar-refractivity contribution in [2.45, 2.75) is 27.2 Å². The molecule has 0 spiro atoms. The van der Waals surface area contributed by atoms with E-state index in [1.807, 2.05) is 0 Å². The molecule has 0 unspecified atom stereocenters. The van der Waals surface area contributed by atoms with Gasteiger partial charge in [-0.15, -0.1) is 0 Å². The first-order valence-corrected chi connectivity index (χ1v) is 8.35. The molecule has 0 aliphatic rings. The molecule has 0 aromatic heterocycles. The van der Waals surface area contributed by atoms with E-state index in [2.05, 4.69) is 29.2 Å².